The number of carbonyl (C=O) groups excluding carboxylic acids is 1. The number of nitrogens with zero attached hydrogens (tertiary/aromatic N) is 3. The molecule has 5 rings (SSSR count). The maximum absolute atomic E-state index is 13.7. The lowest BCUT2D eigenvalue weighted by Crippen LogP contribution is -2.34. The summed E-state index contributed by atoms with van der Waals surface area (Å²) in [5.74, 6) is -1.19. The van der Waals surface area contributed by atoms with Gasteiger partial charge in [-0.1, -0.05) is 6.92 Å². The maximum Gasteiger partial charge on any atom is 0.327 e. The Balaban J connectivity index is 1.21. The third kappa shape index (κ3) is 3.13. The molecule has 0 spiro atoms. The Bertz CT molecular complexity index is 1030. The molecule has 0 radical (unpaired) electrons. The van der Waals surface area contributed by atoms with E-state index in [1.165, 1.54) is 12.3 Å². The van der Waals surface area contributed by atoms with Crippen molar-refractivity contribution in [3.63, 3.8) is 0 Å². The summed E-state index contributed by atoms with van der Waals surface area (Å²) in [5.41, 5.74) is 3.92. The summed E-state index contributed by atoms with van der Waals surface area (Å²) in [4.78, 5) is 16.8. The zero-order chi connectivity index (χ0) is 21.2. The number of aromatic nitrogens is 2. The monoisotopic (exact) mass is 423 g/mol. The van der Waals surface area contributed by atoms with E-state index in [1.807, 2.05) is 11.5 Å². The molecule has 2 heterocycles. The van der Waals surface area contributed by atoms with E-state index in [1.54, 1.807) is 6.33 Å². The minimum Gasteiger partial charge on any atom is -0.327 e. The summed E-state index contributed by atoms with van der Waals surface area (Å²) in [5, 5.41) is 3.41. The zero-order valence-corrected chi connectivity index (χ0v) is 16.2. The highest BCUT2D eigenvalue weighted by molar-refractivity contribution is 5.81. The summed E-state index contributed by atoms with van der Waals surface area (Å²) in [6.45, 7) is -0.639. The van der Waals surface area contributed by atoms with Crippen LogP contribution in [0.4, 0.5) is 17.6 Å². The van der Waals surface area contributed by atoms with Crippen molar-refractivity contribution < 1.29 is 22.4 Å². The fraction of sp³-hybridized carbons (Fsp3) is 0.500. The van der Waals surface area contributed by atoms with E-state index in [0.717, 1.165) is 18.9 Å². The third-order valence-electron chi connectivity index (χ3n) is 6.73. The first-order valence-corrected chi connectivity index (χ1v) is 9.96. The van der Waals surface area contributed by atoms with E-state index in [0.29, 0.717) is 33.6 Å². The Labute approximate surface area is 169 Å². The van der Waals surface area contributed by atoms with Crippen LogP contribution in [-0.4, -0.2) is 33.6 Å². The van der Waals surface area contributed by atoms with Gasteiger partial charge in [-0.2, -0.15) is 8.78 Å². The number of hydrogen-bond acceptors (Lipinski definition) is 4. The lowest BCUT2D eigenvalue weighted by Gasteiger charge is -2.20. The van der Waals surface area contributed by atoms with E-state index in [9.17, 15) is 22.4 Å². The largest absolute Gasteiger partial charge is 0.327 e. The predicted molar refractivity (Wildman–Crippen MR) is 99.6 cm³/mol. The number of benzene rings is 1. The summed E-state index contributed by atoms with van der Waals surface area (Å²) in [6.07, 6.45) is 4.53. The second-order valence-electron chi connectivity index (χ2n) is 8.39. The molecule has 1 aromatic carbocycles. The molecule has 3 aliphatic rings. The SMILES string of the molecule is CC(C(=O)NC1=CN(C(F)F)NC1)C1C2CC(n3cnc4cc(F)c(F)cc43)CC21. The zero-order valence-electron chi connectivity index (χ0n) is 16.2. The Morgan fingerprint density at radius 3 is 2.60 bits per heavy atom. The molecule has 2 fully saturated rings. The maximum atomic E-state index is 13.7. The number of nitrogens with one attached hydrogen (secondary N) is 2. The van der Waals surface area contributed by atoms with Crippen molar-refractivity contribution in [2.24, 2.45) is 23.7 Å². The van der Waals surface area contributed by atoms with Gasteiger partial charge < -0.3 is 9.88 Å². The molecule has 10 heteroatoms. The number of fused-ring (bicyclic) bond motifs is 2. The van der Waals surface area contributed by atoms with E-state index in [4.69, 9.17) is 0 Å². The van der Waals surface area contributed by atoms with Crippen molar-refractivity contribution in [2.75, 3.05) is 6.54 Å². The minimum absolute atomic E-state index is 0.141. The molecule has 2 saturated carbocycles. The number of hydrogen-bond donors (Lipinski definition) is 2. The minimum atomic E-state index is -2.67. The summed E-state index contributed by atoms with van der Waals surface area (Å²) in [6, 6.07) is 2.43. The highest BCUT2D eigenvalue weighted by Gasteiger charge is 2.59. The Hall–Kier alpha value is -2.62. The number of amides is 1. The van der Waals surface area contributed by atoms with Gasteiger partial charge in [0.2, 0.25) is 5.91 Å². The summed E-state index contributed by atoms with van der Waals surface area (Å²) < 4.78 is 54.3. The second kappa shape index (κ2) is 6.97. The number of imidazole rings is 1. The third-order valence-corrected chi connectivity index (χ3v) is 6.73. The van der Waals surface area contributed by atoms with Gasteiger partial charge in [-0.25, -0.2) is 19.2 Å². The van der Waals surface area contributed by atoms with Crippen LogP contribution in [0.3, 0.4) is 0 Å². The van der Waals surface area contributed by atoms with Crippen LogP contribution in [0, 0.1) is 35.3 Å². The number of halogens is 4. The number of hydrazine groups is 1. The molecule has 30 heavy (non-hydrogen) atoms. The molecule has 2 N–H and O–H groups in total. The quantitative estimate of drug-likeness (QED) is 0.573. The fourth-order valence-electron chi connectivity index (χ4n) is 5.23. The molecule has 2 aliphatic carbocycles. The number of carbonyl (C=O) groups is 1. The van der Waals surface area contributed by atoms with Crippen molar-refractivity contribution in [1.82, 2.24) is 25.3 Å². The van der Waals surface area contributed by atoms with Crippen LogP contribution in [-0.2, 0) is 4.79 Å². The van der Waals surface area contributed by atoms with Crippen LogP contribution in [0.1, 0.15) is 25.8 Å². The standard InChI is InChI=1S/C20H21F4N5O/c1-9(19(30)27-10-6-26-29(7-10)20(23)24)18-12-2-11(3-13(12)18)28-8-25-16-4-14(21)15(22)5-17(16)28/h4-5,7-9,11-13,18,20,26H,2-3,6H2,1H3,(H,27,30). The van der Waals surface area contributed by atoms with Crippen molar-refractivity contribution >= 4 is 16.9 Å². The van der Waals surface area contributed by atoms with Crippen LogP contribution in [0.2, 0.25) is 0 Å². The smallest absolute Gasteiger partial charge is 0.327 e. The van der Waals surface area contributed by atoms with E-state index >= 15 is 0 Å². The molecule has 160 valence electrons. The molecule has 0 bridgehead atoms. The first-order chi connectivity index (χ1) is 14.3. The van der Waals surface area contributed by atoms with Crippen LogP contribution < -0.4 is 10.7 Å². The average Bonchev–Trinajstić information content (AvgIpc) is 3.13. The Kier molecular flexibility index (Phi) is 4.49. The van der Waals surface area contributed by atoms with E-state index in [2.05, 4.69) is 15.7 Å². The van der Waals surface area contributed by atoms with Crippen molar-refractivity contribution in [3.05, 3.63) is 42.0 Å². The van der Waals surface area contributed by atoms with Gasteiger partial charge in [0, 0.05) is 30.3 Å². The van der Waals surface area contributed by atoms with Gasteiger partial charge in [-0.3, -0.25) is 9.80 Å². The number of alkyl halides is 2. The number of rotatable bonds is 5. The highest BCUT2D eigenvalue weighted by atomic mass is 19.3. The lowest BCUT2D eigenvalue weighted by molar-refractivity contribution is -0.124. The molecule has 1 aromatic heterocycles. The molecule has 1 amide bonds. The molecule has 2 aromatic rings. The van der Waals surface area contributed by atoms with Crippen LogP contribution in [0.5, 0.6) is 0 Å². The van der Waals surface area contributed by atoms with Crippen molar-refractivity contribution in [2.45, 2.75) is 32.4 Å². The molecule has 0 saturated heterocycles. The summed E-state index contributed by atoms with van der Waals surface area (Å²) >= 11 is 0. The first-order valence-electron chi connectivity index (χ1n) is 9.96. The Morgan fingerprint density at radius 2 is 1.93 bits per heavy atom. The second-order valence-corrected chi connectivity index (χ2v) is 8.39. The van der Waals surface area contributed by atoms with Gasteiger partial charge in [-0.15, -0.1) is 0 Å². The van der Waals surface area contributed by atoms with Crippen LogP contribution >= 0.6 is 0 Å². The van der Waals surface area contributed by atoms with Gasteiger partial charge in [0.25, 0.3) is 0 Å². The molecule has 3 unspecified atom stereocenters. The van der Waals surface area contributed by atoms with Gasteiger partial charge in [0.15, 0.2) is 11.6 Å². The van der Waals surface area contributed by atoms with E-state index in [-0.39, 0.29) is 30.3 Å². The van der Waals surface area contributed by atoms with Crippen molar-refractivity contribution in [1.29, 1.82) is 0 Å². The highest BCUT2D eigenvalue weighted by Crippen LogP contribution is 2.63. The first kappa shape index (κ1) is 19.3. The van der Waals surface area contributed by atoms with Crippen molar-refractivity contribution in [3.8, 4) is 0 Å². The van der Waals surface area contributed by atoms with Crippen LogP contribution in [0.15, 0.2) is 30.4 Å². The molecule has 1 aliphatic heterocycles. The van der Waals surface area contributed by atoms with Gasteiger partial charge in [-0.05, 0) is 30.6 Å². The van der Waals surface area contributed by atoms with Gasteiger partial charge >= 0.3 is 6.55 Å². The molecular formula is C20H21F4N5O. The van der Waals surface area contributed by atoms with Crippen LogP contribution in [0.25, 0.3) is 11.0 Å². The molecule has 3 atom stereocenters. The predicted octanol–water partition coefficient (Wildman–Crippen LogP) is 3.15. The van der Waals surface area contributed by atoms with Gasteiger partial charge in [0.05, 0.1) is 29.6 Å². The average molecular weight is 423 g/mol. The lowest BCUT2D eigenvalue weighted by atomic mass is 9.96. The molecule has 6 nitrogen and oxygen atoms in total. The Morgan fingerprint density at radius 1 is 1.23 bits per heavy atom. The fourth-order valence-corrected chi connectivity index (χ4v) is 5.23. The summed E-state index contributed by atoms with van der Waals surface area (Å²) in [7, 11) is 0. The molecular weight excluding hydrogens is 402 g/mol. The van der Waals surface area contributed by atoms with E-state index < -0.39 is 18.2 Å². The normalized spacial score (nSPS) is 28.7. The topological polar surface area (TPSA) is 62.2 Å². The van der Waals surface area contributed by atoms with Gasteiger partial charge in [0.1, 0.15) is 0 Å².